The molecule has 9 heteroatoms. The third-order valence-electron chi connectivity index (χ3n) is 5.93. The molecule has 31 heavy (non-hydrogen) atoms. The zero-order valence-corrected chi connectivity index (χ0v) is 19.9. The molecular formula is C22H25BrN2O5S. The molecule has 1 fully saturated rings. The van der Waals surface area contributed by atoms with Crippen LogP contribution in [-0.2, 0) is 21.2 Å². The molecule has 7 nitrogen and oxygen atoms in total. The fourth-order valence-corrected chi connectivity index (χ4v) is 6.41. The first-order chi connectivity index (χ1) is 14.8. The molecule has 1 saturated heterocycles. The van der Waals surface area contributed by atoms with Crippen LogP contribution >= 0.6 is 15.9 Å². The van der Waals surface area contributed by atoms with Crippen LogP contribution in [-0.4, -0.2) is 52.5 Å². The maximum atomic E-state index is 13.4. The van der Waals surface area contributed by atoms with E-state index in [2.05, 4.69) is 15.9 Å². The maximum Gasteiger partial charge on any atom is 0.246 e. The van der Waals surface area contributed by atoms with Crippen LogP contribution in [0.5, 0.6) is 11.5 Å². The van der Waals surface area contributed by atoms with Crippen LogP contribution in [0.1, 0.15) is 18.4 Å². The Morgan fingerprint density at radius 1 is 1.10 bits per heavy atom. The summed E-state index contributed by atoms with van der Waals surface area (Å²) in [5.74, 6) is 0.297. The number of benzene rings is 2. The number of sulfonamides is 1. The van der Waals surface area contributed by atoms with Crippen LogP contribution in [0.4, 0.5) is 5.69 Å². The minimum absolute atomic E-state index is 0.0152. The van der Waals surface area contributed by atoms with Crippen molar-refractivity contribution in [2.24, 2.45) is 5.92 Å². The quantitative estimate of drug-likeness (QED) is 0.617. The fourth-order valence-electron chi connectivity index (χ4n) is 4.31. The van der Waals surface area contributed by atoms with Gasteiger partial charge in [-0.15, -0.1) is 0 Å². The molecule has 2 aromatic carbocycles. The number of halogens is 1. The lowest BCUT2D eigenvalue weighted by Crippen LogP contribution is -2.46. The molecule has 0 aromatic heterocycles. The Hall–Kier alpha value is -2.10. The molecule has 1 atom stereocenters. The standard InChI is InChI=1S/C22H25BrN2O5S/c1-29-18-6-8-20(30-2)21(13-18)31(27,28)24-10-3-4-16(14-24)22(26)25-11-9-15-12-17(23)5-7-19(15)25/h5-8,12-13,16H,3-4,9-11,14H2,1-2H3. The lowest BCUT2D eigenvalue weighted by molar-refractivity contribution is -0.123. The largest absolute Gasteiger partial charge is 0.497 e. The van der Waals surface area contributed by atoms with Gasteiger partial charge in [0.1, 0.15) is 16.4 Å². The molecule has 0 aliphatic carbocycles. The normalized spacial score (nSPS) is 19.2. The van der Waals surface area contributed by atoms with E-state index in [1.165, 1.54) is 24.6 Å². The van der Waals surface area contributed by atoms with E-state index in [9.17, 15) is 13.2 Å². The third-order valence-corrected chi connectivity index (χ3v) is 8.30. The molecule has 0 saturated carbocycles. The number of anilines is 1. The summed E-state index contributed by atoms with van der Waals surface area (Å²) < 4.78 is 39.7. The number of rotatable bonds is 5. The summed E-state index contributed by atoms with van der Waals surface area (Å²) in [4.78, 5) is 15.2. The number of ether oxygens (including phenoxy) is 2. The van der Waals surface area contributed by atoms with Crippen LogP contribution in [0.15, 0.2) is 45.8 Å². The monoisotopic (exact) mass is 508 g/mol. The summed E-state index contributed by atoms with van der Waals surface area (Å²) in [6, 6.07) is 10.6. The Morgan fingerprint density at radius 3 is 2.65 bits per heavy atom. The number of nitrogens with zero attached hydrogens (tertiary/aromatic N) is 2. The van der Waals surface area contributed by atoms with Gasteiger partial charge in [0, 0.05) is 35.9 Å². The van der Waals surface area contributed by atoms with E-state index < -0.39 is 10.0 Å². The summed E-state index contributed by atoms with van der Waals surface area (Å²) in [7, 11) is -0.919. The molecule has 2 aliphatic rings. The highest BCUT2D eigenvalue weighted by Gasteiger charge is 2.38. The molecule has 4 rings (SSSR count). The topological polar surface area (TPSA) is 76.1 Å². The lowest BCUT2D eigenvalue weighted by atomic mass is 9.98. The average Bonchev–Trinajstić information content (AvgIpc) is 3.21. The molecule has 1 unspecified atom stereocenters. The van der Waals surface area contributed by atoms with Crippen LogP contribution in [0.25, 0.3) is 0 Å². The Bertz CT molecular complexity index is 1110. The predicted octanol–water partition coefficient (Wildman–Crippen LogP) is 3.46. The molecule has 2 aromatic rings. The highest BCUT2D eigenvalue weighted by atomic mass is 79.9. The van der Waals surface area contributed by atoms with Crippen molar-refractivity contribution >= 4 is 37.5 Å². The van der Waals surface area contributed by atoms with Crippen molar-refractivity contribution in [2.75, 3.05) is 38.8 Å². The van der Waals surface area contributed by atoms with E-state index in [4.69, 9.17) is 9.47 Å². The molecular weight excluding hydrogens is 484 g/mol. The second-order valence-electron chi connectivity index (χ2n) is 7.73. The number of hydrogen-bond donors (Lipinski definition) is 0. The van der Waals surface area contributed by atoms with E-state index >= 15 is 0 Å². The first-order valence-electron chi connectivity index (χ1n) is 10.2. The van der Waals surface area contributed by atoms with Gasteiger partial charge >= 0.3 is 0 Å². The Labute approximate surface area is 191 Å². The van der Waals surface area contributed by atoms with E-state index in [0.717, 1.165) is 22.1 Å². The van der Waals surface area contributed by atoms with Gasteiger partial charge in [-0.2, -0.15) is 4.31 Å². The predicted molar refractivity (Wildman–Crippen MR) is 121 cm³/mol. The zero-order valence-electron chi connectivity index (χ0n) is 17.5. The van der Waals surface area contributed by atoms with Crippen LogP contribution < -0.4 is 14.4 Å². The second-order valence-corrected chi connectivity index (χ2v) is 10.6. The SMILES string of the molecule is COc1ccc(OC)c(S(=O)(=O)N2CCCC(C(=O)N3CCc4cc(Br)ccc43)C2)c1. The van der Waals surface area contributed by atoms with Gasteiger partial charge in [0.05, 0.1) is 20.1 Å². The molecule has 0 N–H and O–H groups in total. The summed E-state index contributed by atoms with van der Waals surface area (Å²) in [5.41, 5.74) is 2.05. The van der Waals surface area contributed by atoms with Gasteiger partial charge in [0.15, 0.2) is 0 Å². The van der Waals surface area contributed by atoms with Crippen molar-refractivity contribution in [1.29, 1.82) is 0 Å². The number of amides is 1. The minimum atomic E-state index is -3.84. The van der Waals surface area contributed by atoms with E-state index in [1.807, 2.05) is 18.2 Å². The summed E-state index contributed by atoms with van der Waals surface area (Å²) in [6.07, 6.45) is 2.10. The average molecular weight is 509 g/mol. The van der Waals surface area contributed by atoms with Gasteiger partial charge in [-0.05, 0) is 55.2 Å². The van der Waals surface area contributed by atoms with Crippen LogP contribution in [0, 0.1) is 5.92 Å². The smallest absolute Gasteiger partial charge is 0.246 e. The van der Waals surface area contributed by atoms with Crippen LogP contribution in [0.2, 0.25) is 0 Å². The molecule has 2 aliphatic heterocycles. The fraction of sp³-hybridized carbons (Fsp3) is 0.409. The highest BCUT2D eigenvalue weighted by Crippen LogP contribution is 2.35. The molecule has 1 amide bonds. The summed E-state index contributed by atoms with van der Waals surface area (Å²) in [5, 5.41) is 0. The number of piperidine rings is 1. The van der Waals surface area contributed by atoms with Gasteiger partial charge in [-0.25, -0.2) is 8.42 Å². The first-order valence-corrected chi connectivity index (χ1v) is 12.4. The first kappa shape index (κ1) is 22.1. The highest BCUT2D eigenvalue weighted by molar-refractivity contribution is 9.10. The van der Waals surface area contributed by atoms with Gasteiger partial charge in [-0.3, -0.25) is 4.79 Å². The Kier molecular flexibility index (Phi) is 6.27. The van der Waals surface area contributed by atoms with Crippen molar-refractivity contribution in [1.82, 2.24) is 4.31 Å². The van der Waals surface area contributed by atoms with Gasteiger partial charge in [0.25, 0.3) is 0 Å². The van der Waals surface area contributed by atoms with E-state index in [-0.39, 0.29) is 29.0 Å². The molecule has 166 valence electrons. The van der Waals surface area contributed by atoms with Crippen molar-refractivity contribution in [3.05, 3.63) is 46.4 Å². The second kappa shape index (κ2) is 8.80. The summed E-state index contributed by atoms with van der Waals surface area (Å²) in [6.45, 7) is 1.15. The third kappa shape index (κ3) is 4.18. The van der Waals surface area contributed by atoms with Gasteiger partial charge in [-0.1, -0.05) is 15.9 Å². The molecule has 0 bridgehead atoms. The molecule has 0 radical (unpaired) electrons. The molecule has 0 spiro atoms. The summed E-state index contributed by atoms with van der Waals surface area (Å²) >= 11 is 3.48. The number of fused-ring (bicyclic) bond motifs is 1. The number of carbonyl (C=O) groups is 1. The van der Waals surface area contributed by atoms with E-state index in [0.29, 0.717) is 31.7 Å². The Morgan fingerprint density at radius 2 is 1.90 bits per heavy atom. The number of methoxy groups -OCH3 is 2. The Balaban J connectivity index is 1.57. The van der Waals surface area contributed by atoms with Crippen LogP contribution in [0.3, 0.4) is 0 Å². The lowest BCUT2D eigenvalue weighted by Gasteiger charge is -2.33. The molecule has 2 heterocycles. The van der Waals surface area contributed by atoms with E-state index in [1.54, 1.807) is 17.0 Å². The van der Waals surface area contributed by atoms with Gasteiger partial charge in [0.2, 0.25) is 15.9 Å². The van der Waals surface area contributed by atoms with Crippen molar-refractivity contribution < 1.29 is 22.7 Å². The minimum Gasteiger partial charge on any atom is -0.497 e. The zero-order chi connectivity index (χ0) is 22.2. The number of carbonyl (C=O) groups excluding carboxylic acids is 1. The van der Waals surface area contributed by atoms with Crippen molar-refractivity contribution in [3.63, 3.8) is 0 Å². The van der Waals surface area contributed by atoms with Gasteiger partial charge < -0.3 is 14.4 Å². The van der Waals surface area contributed by atoms with Crippen molar-refractivity contribution in [2.45, 2.75) is 24.2 Å². The number of hydrogen-bond acceptors (Lipinski definition) is 5. The van der Waals surface area contributed by atoms with Crippen molar-refractivity contribution in [3.8, 4) is 11.5 Å². The maximum absolute atomic E-state index is 13.4.